The third-order valence-electron chi connectivity index (χ3n) is 4.58. The van der Waals surface area contributed by atoms with Gasteiger partial charge < -0.3 is 16.0 Å². The van der Waals surface area contributed by atoms with Crippen LogP contribution in [0.3, 0.4) is 0 Å². The van der Waals surface area contributed by atoms with Crippen molar-refractivity contribution < 1.29 is 4.79 Å². The van der Waals surface area contributed by atoms with Crippen LogP contribution in [-0.2, 0) is 11.3 Å². The number of benzene rings is 1. The molecule has 1 atom stereocenters. The van der Waals surface area contributed by atoms with Crippen LogP contribution in [0, 0.1) is 0 Å². The van der Waals surface area contributed by atoms with Crippen molar-refractivity contribution in [3.05, 3.63) is 42.1 Å². The molecule has 5 heteroatoms. The smallest absolute Gasteiger partial charge is 0.239 e. The lowest BCUT2D eigenvalue weighted by Crippen LogP contribution is -2.46. The molecule has 1 amide bonds. The Morgan fingerprint density at radius 1 is 1.17 bits per heavy atom. The summed E-state index contributed by atoms with van der Waals surface area (Å²) >= 11 is 0. The van der Waals surface area contributed by atoms with Gasteiger partial charge in [0.05, 0.1) is 17.3 Å². The maximum atomic E-state index is 12.3. The summed E-state index contributed by atoms with van der Waals surface area (Å²) in [4.78, 5) is 18.8. The Morgan fingerprint density at radius 2 is 1.96 bits per heavy atom. The maximum Gasteiger partial charge on any atom is 0.239 e. The van der Waals surface area contributed by atoms with E-state index in [4.69, 9.17) is 5.73 Å². The molecule has 1 fully saturated rings. The Kier molecular flexibility index (Phi) is 5.77. The summed E-state index contributed by atoms with van der Waals surface area (Å²) in [5.41, 5.74) is 8.07. The highest BCUT2D eigenvalue weighted by molar-refractivity contribution is 5.81. The summed E-state index contributed by atoms with van der Waals surface area (Å²) in [5.74, 6) is 0.0975. The van der Waals surface area contributed by atoms with Crippen molar-refractivity contribution in [3.8, 4) is 0 Å². The number of rotatable bonds is 6. The van der Waals surface area contributed by atoms with Crippen molar-refractivity contribution in [2.24, 2.45) is 5.73 Å². The molecule has 1 aliphatic heterocycles. The van der Waals surface area contributed by atoms with Crippen LogP contribution in [0.15, 0.2) is 36.4 Å². The maximum absolute atomic E-state index is 12.3. The number of hydrogen-bond acceptors (Lipinski definition) is 4. The average Bonchev–Trinajstić information content (AvgIpc) is 2.65. The number of pyridine rings is 1. The van der Waals surface area contributed by atoms with E-state index < -0.39 is 6.04 Å². The first kappa shape index (κ1) is 16.9. The van der Waals surface area contributed by atoms with Crippen LogP contribution >= 0.6 is 0 Å². The summed E-state index contributed by atoms with van der Waals surface area (Å²) in [6.07, 6.45) is 4.08. The van der Waals surface area contributed by atoms with Crippen LogP contribution < -0.4 is 11.1 Å². The highest BCUT2D eigenvalue weighted by Crippen LogP contribution is 2.12. The molecule has 0 saturated carbocycles. The van der Waals surface area contributed by atoms with Crippen molar-refractivity contribution >= 4 is 16.8 Å². The zero-order chi connectivity index (χ0) is 16.8. The van der Waals surface area contributed by atoms with E-state index in [2.05, 4.69) is 22.4 Å². The van der Waals surface area contributed by atoms with Gasteiger partial charge in [0.25, 0.3) is 0 Å². The van der Waals surface area contributed by atoms with Crippen LogP contribution in [-0.4, -0.2) is 41.5 Å². The van der Waals surface area contributed by atoms with Gasteiger partial charge in [-0.2, -0.15) is 0 Å². The first-order valence-electron chi connectivity index (χ1n) is 8.84. The van der Waals surface area contributed by atoms with Crippen molar-refractivity contribution in [2.75, 3.05) is 19.6 Å². The summed E-state index contributed by atoms with van der Waals surface area (Å²) < 4.78 is 0. The minimum absolute atomic E-state index is 0.0975. The summed E-state index contributed by atoms with van der Waals surface area (Å²) in [5, 5.41) is 4.49. The van der Waals surface area contributed by atoms with E-state index in [1.807, 2.05) is 29.2 Å². The van der Waals surface area contributed by atoms with Crippen LogP contribution in [0.25, 0.3) is 10.9 Å². The predicted octanol–water partition coefficient (Wildman–Crippen LogP) is 2.05. The van der Waals surface area contributed by atoms with Crippen LogP contribution in [0.4, 0.5) is 0 Å². The van der Waals surface area contributed by atoms with E-state index in [9.17, 15) is 4.79 Å². The second-order valence-corrected chi connectivity index (χ2v) is 6.45. The van der Waals surface area contributed by atoms with Gasteiger partial charge in [-0.15, -0.1) is 0 Å². The molecule has 0 bridgehead atoms. The number of fused-ring (bicyclic) bond motifs is 1. The molecular weight excluding hydrogens is 300 g/mol. The number of nitrogens with zero attached hydrogens (tertiary/aromatic N) is 2. The number of nitrogens with two attached hydrogens (primary N) is 1. The molecule has 1 aromatic carbocycles. The van der Waals surface area contributed by atoms with Gasteiger partial charge >= 0.3 is 0 Å². The fourth-order valence-corrected chi connectivity index (χ4v) is 3.15. The Labute approximate surface area is 143 Å². The number of likely N-dealkylation sites (tertiary alicyclic amines) is 1. The second kappa shape index (κ2) is 8.22. The first-order valence-corrected chi connectivity index (χ1v) is 8.84. The van der Waals surface area contributed by atoms with Gasteiger partial charge in [0, 0.05) is 25.0 Å². The van der Waals surface area contributed by atoms with Gasteiger partial charge in [-0.1, -0.05) is 24.3 Å². The van der Waals surface area contributed by atoms with Gasteiger partial charge in [-0.3, -0.25) is 9.78 Å². The van der Waals surface area contributed by atoms with Gasteiger partial charge in [-0.05, 0) is 44.4 Å². The Morgan fingerprint density at radius 3 is 2.79 bits per heavy atom. The van der Waals surface area contributed by atoms with E-state index in [1.54, 1.807) is 0 Å². The molecule has 1 unspecified atom stereocenters. The summed E-state index contributed by atoms with van der Waals surface area (Å²) in [7, 11) is 0. The van der Waals surface area contributed by atoms with Crippen molar-refractivity contribution in [1.82, 2.24) is 15.2 Å². The lowest BCUT2D eigenvalue weighted by molar-refractivity contribution is -0.133. The molecule has 0 aliphatic carbocycles. The Balaban J connectivity index is 1.43. The van der Waals surface area contributed by atoms with Crippen LogP contribution in [0.1, 0.15) is 31.4 Å². The third-order valence-corrected chi connectivity index (χ3v) is 4.58. The lowest BCUT2D eigenvalue weighted by Gasteiger charge is -2.29. The lowest BCUT2D eigenvalue weighted by atomic mass is 10.1. The topological polar surface area (TPSA) is 71.2 Å². The van der Waals surface area contributed by atoms with E-state index >= 15 is 0 Å². The number of hydrogen-bond donors (Lipinski definition) is 2. The number of para-hydroxylation sites is 1. The van der Waals surface area contributed by atoms with Gasteiger partial charge in [0.2, 0.25) is 5.91 Å². The minimum atomic E-state index is -0.403. The van der Waals surface area contributed by atoms with Crippen molar-refractivity contribution in [2.45, 2.75) is 38.3 Å². The van der Waals surface area contributed by atoms with Gasteiger partial charge in [-0.25, -0.2) is 0 Å². The molecule has 2 aromatic rings. The molecule has 1 aliphatic rings. The second-order valence-electron chi connectivity index (χ2n) is 6.45. The number of piperidine rings is 1. The predicted molar refractivity (Wildman–Crippen MR) is 96.5 cm³/mol. The van der Waals surface area contributed by atoms with Crippen LogP contribution in [0.2, 0.25) is 0 Å². The quantitative estimate of drug-likeness (QED) is 0.797. The Hall–Kier alpha value is -1.98. The van der Waals surface area contributed by atoms with Crippen molar-refractivity contribution in [3.63, 3.8) is 0 Å². The van der Waals surface area contributed by atoms with Gasteiger partial charge in [0.15, 0.2) is 0 Å². The molecule has 3 rings (SSSR count). The van der Waals surface area contributed by atoms with Crippen LogP contribution in [0.5, 0.6) is 0 Å². The molecular formula is C19H26N4O. The van der Waals surface area contributed by atoms with E-state index in [0.717, 1.165) is 49.1 Å². The average molecular weight is 326 g/mol. The number of aromatic nitrogens is 1. The van der Waals surface area contributed by atoms with Crippen molar-refractivity contribution in [1.29, 1.82) is 0 Å². The third kappa shape index (κ3) is 4.30. The van der Waals surface area contributed by atoms with E-state index in [-0.39, 0.29) is 5.91 Å². The molecule has 0 spiro atoms. The van der Waals surface area contributed by atoms with Gasteiger partial charge in [0.1, 0.15) is 0 Å². The minimum Gasteiger partial charge on any atom is -0.341 e. The molecule has 5 nitrogen and oxygen atoms in total. The molecule has 1 saturated heterocycles. The summed E-state index contributed by atoms with van der Waals surface area (Å²) in [6.45, 7) is 3.13. The number of nitrogens with one attached hydrogen (secondary N) is 1. The first-order chi connectivity index (χ1) is 11.7. The fourth-order valence-electron chi connectivity index (χ4n) is 3.15. The normalized spacial score (nSPS) is 16.3. The molecule has 128 valence electrons. The molecule has 0 radical (unpaired) electrons. The number of carbonyl (C=O) groups is 1. The van der Waals surface area contributed by atoms with E-state index in [1.165, 1.54) is 6.42 Å². The summed E-state index contributed by atoms with van der Waals surface area (Å²) in [6, 6.07) is 11.8. The monoisotopic (exact) mass is 326 g/mol. The van der Waals surface area contributed by atoms with E-state index in [0.29, 0.717) is 13.0 Å². The highest BCUT2D eigenvalue weighted by atomic mass is 16.2. The number of carbonyl (C=O) groups excluding carboxylic acids is 1. The zero-order valence-electron chi connectivity index (χ0n) is 14.1. The number of amides is 1. The molecule has 3 N–H and O–H groups in total. The Bertz CT molecular complexity index is 682. The standard InChI is InChI=1S/C19H26N4O/c20-17(19(24)23-12-4-1-5-13-23)10-11-21-14-16-9-8-15-6-2-3-7-18(15)22-16/h2-3,6-9,17,21H,1,4-5,10-14,20H2. The highest BCUT2D eigenvalue weighted by Gasteiger charge is 2.21. The fraction of sp³-hybridized carbons (Fsp3) is 0.474. The zero-order valence-corrected chi connectivity index (χ0v) is 14.1. The molecule has 1 aromatic heterocycles. The molecule has 24 heavy (non-hydrogen) atoms. The largest absolute Gasteiger partial charge is 0.341 e. The molecule has 2 heterocycles. The SMILES string of the molecule is NC(CCNCc1ccc2ccccc2n1)C(=O)N1CCCCC1.